The predicted molar refractivity (Wildman–Crippen MR) is 101 cm³/mol. The molecule has 1 aromatic rings. The first kappa shape index (κ1) is 19.8. The average Bonchev–Trinajstić information content (AvgIpc) is 2.81. The summed E-state index contributed by atoms with van der Waals surface area (Å²) >= 11 is 6.10. The van der Waals surface area contributed by atoms with Crippen LogP contribution in [0.4, 0.5) is 22.0 Å². The zero-order valence-electron chi connectivity index (χ0n) is 13.6. The molecule has 2 unspecified atom stereocenters. The van der Waals surface area contributed by atoms with Crippen LogP contribution >= 0.6 is 39.7 Å². The van der Waals surface area contributed by atoms with Crippen LogP contribution in [0.15, 0.2) is 17.0 Å². The van der Waals surface area contributed by atoms with Crippen LogP contribution in [-0.2, 0) is 0 Å². The van der Waals surface area contributed by atoms with E-state index in [-0.39, 0.29) is 15.9 Å². The fourth-order valence-electron chi connectivity index (χ4n) is 3.56. The van der Waals surface area contributed by atoms with E-state index in [2.05, 4.69) is 18.8 Å². The largest absolute Gasteiger partial charge is 0.202 e. The molecule has 25 heavy (non-hydrogen) atoms. The second kappa shape index (κ2) is 6.92. The van der Waals surface area contributed by atoms with Gasteiger partial charge in [-0.2, -0.15) is 10.5 Å². The van der Waals surface area contributed by atoms with Crippen LogP contribution in [0.1, 0.15) is 33.1 Å². The van der Waals surface area contributed by atoms with Crippen molar-refractivity contribution in [2.75, 3.05) is 0 Å². The Balaban J connectivity index is 2.12. The lowest BCUT2D eigenvalue weighted by Gasteiger charge is -2.42. The van der Waals surface area contributed by atoms with Gasteiger partial charge in [0.05, 0.1) is 10.4 Å². The highest BCUT2D eigenvalue weighted by molar-refractivity contribution is 9.14. The van der Waals surface area contributed by atoms with Crippen LogP contribution in [0.3, 0.4) is 0 Å². The van der Waals surface area contributed by atoms with Crippen molar-refractivity contribution in [3.8, 4) is 0 Å². The topological polar surface area (TPSA) is 0 Å². The van der Waals surface area contributed by atoms with Crippen molar-refractivity contribution in [3.63, 3.8) is 0 Å². The Morgan fingerprint density at radius 1 is 1.16 bits per heavy atom. The molecule has 140 valence electrons. The average molecular weight is 432 g/mol. The Morgan fingerprint density at radius 3 is 2.20 bits per heavy atom. The minimum atomic E-state index is -2.10. The first-order valence-electron chi connectivity index (χ1n) is 7.72. The number of benzene rings is 1. The van der Waals surface area contributed by atoms with E-state index in [1.54, 1.807) is 11.4 Å². The zero-order chi connectivity index (χ0) is 18.7. The summed E-state index contributed by atoms with van der Waals surface area (Å²) in [5.74, 6) is -8.99. The van der Waals surface area contributed by atoms with Crippen LogP contribution in [0.25, 0.3) is 0 Å². The van der Waals surface area contributed by atoms with Crippen molar-refractivity contribution in [3.05, 3.63) is 41.2 Å². The standard InChI is InChI=1S/C16H18F5PS3/c1-7(2)8-4-5-16(3)9(6-8)25(22(23)24-16)15-13(20)11(18)10(17)12(19)14(15)21/h8-9,23,25H,1,4-6H2,2-3H3/t8-,9+,16+,22?/m1/s1. The molecule has 0 amide bonds. The summed E-state index contributed by atoms with van der Waals surface area (Å²) in [5.41, 5.74) is -0.203. The molecule has 1 saturated heterocycles. The van der Waals surface area contributed by atoms with Gasteiger partial charge in [0.1, 0.15) is 0 Å². The Morgan fingerprint density at radius 2 is 1.68 bits per heavy atom. The van der Waals surface area contributed by atoms with Gasteiger partial charge in [0.15, 0.2) is 23.3 Å². The summed E-state index contributed by atoms with van der Waals surface area (Å²) in [7, 11) is -1.59. The molecule has 9 heteroatoms. The summed E-state index contributed by atoms with van der Waals surface area (Å²) in [4.78, 5) is -0.629. The van der Waals surface area contributed by atoms with Gasteiger partial charge in [0.2, 0.25) is 5.82 Å². The van der Waals surface area contributed by atoms with Crippen LogP contribution in [0.5, 0.6) is 0 Å². The van der Waals surface area contributed by atoms with Crippen LogP contribution < -0.4 is 0 Å². The van der Waals surface area contributed by atoms with E-state index in [9.17, 15) is 22.0 Å². The van der Waals surface area contributed by atoms with E-state index >= 15 is 0 Å². The van der Waals surface area contributed by atoms with Gasteiger partial charge >= 0.3 is 0 Å². The number of allylic oxidation sites excluding steroid dienone is 1. The monoisotopic (exact) mass is 432 g/mol. The van der Waals surface area contributed by atoms with Crippen molar-refractivity contribution in [2.24, 2.45) is 5.92 Å². The first-order valence-corrected chi connectivity index (χ1v) is 13.8. The zero-order valence-corrected chi connectivity index (χ0v) is 17.1. The minimum Gasteiger partial charge on any atom is -0.202 e. The van der Waals surface area contributed by atoms with E-state index in [4.69, 9.17) is 0 Å². The molecule has 2 aliphatic rings. The molecule has 1 aliphatic carbocycles. The fraction of sp³-hybridized carbons (Fsp3) is 0.500. The molecular formula is C16H18F5PS3. The van der Waals surface area contributed by atoms with Crippen molar-refractivity contribution in [1.82, 2.24) is 0 Å². The summed E-state index contributed by atoms with van der Waals surface area (Å²) in [6.45, 7) is 7.92. The lowest BCUT2D eigenvalue weighted by atomic mass is 9.79. The summed E-state index contributed by atoms with van der Waals surface area (Å²) in [6.07, 6.45) is 2.41. The molecule has 0 radical (unpaired) electrons. The fourth-order valence-corrected chi connectivity index (χ4v) is 20.5. The highest BCUT2D eigenvalue weighted by atomic mass is 33.4. The maximum absolute atomic E-state index is 14.4. The van der Waals surface area contributed by atoms with Crippen molar-refractivity contribution < 1.29 is 22.0 Å². The maximum Gasteiger partial charge on any atom is 0.200 e. The predicted octanol–water partition coefficient (Wildman–Crippen LogP) is 7.15. The molecule has 2 fully saturated rings. The second-order valence-electron chi connectivity index (χ2n) is 6.75. The molecule has 1 saturated carbocycles. The third-order valence-corrected chi connectivity index (χ3v) is 18.0. The summed E-state index contributed by atoms with van der Waals surface area (Å²) in [6, 6.07) is 0. The Hall–Kier alpha value is 0.0900. The quantitative estimate of drug-likeness (QED) is 0.125. The van der Waals surface area contributed by atoms with Gasteiger partial charge in [-0.1, -0.05) is 12.2 Å². The number of fused-ring (bicyclic) bond motifs is 1. The van der Waals surface area contributed by atoms with Gasteiger partial charge < -0.3 is 0 Å². The lowest BCUT2D eigenvalue weighted by molar-refractivity contribution is 0.352. The van der Waals surface area contributed by atoms with E-state index in [1.165, 1.54) is 0 Å². The SMILES string of the molecule is C=C(C)[C@@H]1CC[C@]2(C)SP(S)[SH](c3c(F)c(F)c(F)c(F)c3F)[C@H]2C1. The number of hydrogen-bond donors (Lipinski definition) is 2. The Kier molecular flexibility index (Phi) is 5.49. The van der Waals surface area contributed by atoms with E-state index in [0.717, 1.165) is 18.4 Å². The van der Waals surface area contributed by atoms with Gasteiger partial charge in [0.25, 0.3) is 0 Å². The van der Waals surface area contributed by atoms with E-state index in [0.29, 0.717) is 6.42 Å². The molecule has 0 spiro atoms. The first-order chi connectivity index (χ1) is 11.6. The van der Waals surface area contributed by atoms with E-state index < -0.39 is 50.0 Å². The van der Waals surface area contributed by atoms with Gasteiger partial charge in [0, 0.05) is 10.00 Å². The molecule has 0 N–H and O–H groups in total. The third kappa shape index (κ3) is 3.15. The van der Waals surface area contributed by atoms with Crippen molar-refractivity contribution in [1.29, 1.82) is 0 Å². The molecule has 1 aliphatic heterocycles. The lowest BCUT2D eigenvalue weighted by Crippen LogP contribution is -2.38. The highest BCUT2D eigenvalue weighted by Gasteiger charge is 2.54. The summed E-state index contributed by atoms with van der Waals surface area (Å²) < 4.78 is 69.4. The maximum atomic E-state index is 14.4. The van der Waals surface area contributed by atoms with Crippen LogP contribution in [0.2, 0.25) is 0 Å². The van der Waals surface area contributed by atoms with Crippen molar-refractivity contribution in [2.45, 2.75) is 48.0 Å². The Bertz CT molecular complexity index is 714. The Labute approximate surface area is 156 Å². The third-order valence-electron chi connectivity index (χ3n) is 5.08. The van der Waals surface area contributed by atoms with Crippen LogP contribution in [-0.4, -0.2) is 10.00 Å². The molecule has 1 heterocycles. The smallest absolute Gasteiger partial charge is 0.200 e. The molecule has 5 atom stereocenters. The molecule has 1 aromatic carbocycles. The van der Waals surface area contributed by atoms with Gasteiger partial charge in [-0.15, -0.1) is 23.6 Å². The number of thiol groups is 2. The van der Waals surface area contributed by atoms with Crippen molar-refractivity contribution >= 4 is 39.7 Å². The number of hydrogen-bond acceptors (Lipinski definition) is 2. The highest BCUT2D eigenvalue weighted by Crippen LogP contribution is 2.89. The van der Waals surface area contributed by atoms with Gasteiger partial charge in [-0.25, -0.2) is 22.0 Å². The molecule has 3 rings (SSSR count). The van der Waals surface area contributed by atoms with Crippen LogP contribution in [0, 0.1) is 35.0 Å². The number of rotatable bonds is 2. The molecule has 0 nitrogen and oxygen atoms in total. The van der Waals surface area contributed by atoms with Gasteiger partial charge in [-0.3, -0.25) is 0 Å². The number of halogens is 5. The molecule has 0 bridgehead atoms. The molecule has 0 aromatic heterocycles. The second-order valence-corrected chi connectivity index (χ2v) is 18.0. The molecular weight excluding hydrogens is 414 g/mol. The minimum absolute atomic E-state index is 0.139. The normalized spacial score (nSPS) is 36.3. The van der Waals surface area contributed by atoms with E-state index in [1.807, 2.05) is 13.8 Å². The summed E-state index contributed by atoms with van der Waals surface area (Å²) in [5, 5.41) is -0.139. The van der Waals surface area contributed by atoms with Gasteiger partial charge in [-0.05, 0) is 39.0 Å².